The smallest absolute Gasteiger partial charge is 0.250 e. The molecule has 0 radical (unpaired) electrons. The molecular weight excluding hydrogens is 375 g/mol. The van der Waals surface area contributed by atoms with E-state index < -0.39 is 16.6 Å². The molecule has 0 spiro atoms. The predicted molar refractivity (Wildman–Crippen MR) is 103 cm³/mol. The van der Waals surface area contributed by atoms with Crippen LogP contribution in [-0.4, -0.2) is 22.6 Å². The summed E-state index contributed by atoms with van der Waals surface area (Å²) in [4.78, 5) is 27.9. The van der Waals surface area contributed by atoms with E-state index in [9.17, 15) is 14.0 Å². The van der Waals surface area contributed by atoms with Crippen LogP contribution < -0.4 is 10.2 Å². The monoisotopic (exact) mass is 392 g/mol. The Balaban J connectivity index is 1.91. The minimum absolute atomic E-state index is 0.0117. The number of amides is 2. The lowest BCUT2D eigenvalue weighted by Gasteiger charge is -2.43. The molecule has 0 aromatic heterocycles. The van der Waals surface area contributed by atoms with E-state index >= 15 is 0 Å². The lowest BCUT2D eigenvalue weighted by atomic mass is 9.96. The van der Waals surface area contributed by atoms with Gasteiger partial charge in [0.2, 0.25) is 11.8 Å². The number of hydrogen-bond donors (Lipinski definition) is 1. The Morgan fingerprint density at radius 2 is 1.96 bits per heavy atom. The van der Waals surface area contributed by atoms with Gasteiger partial charge in [-0.15, -0.1) is 11.8 Å². The van der Waals surface area contributed by atoms with Gasteiger partial charge in [-0.2, -0.15) is 0 Å². The van der Waals surface area contributed by atoms with E-state index in [0.717, 1.165) is 0 Å². The van der Waals surface area contributed by atoms with Crippen molar-refractivity contribution < 1.29 is 14.0 Å². The molecule has 0 unspecified atom stereocenters. The number of anilines is 2. The highest BCUT2D eigenvalue weighted by Crippen LogP contribution is 2.39. The average Bonchev–Trinajstić information content (AvgIpc) is 2.58. The van der Waals surface area contributed by atoms with Gasteiger partial charge in [-0.05, 0) is 51.1 Å². The zero-order valence-electron chi connectivity index (χ0n) is 14.5. The van der Waals surface area contributed by atoms with Crippen LogP contribution in [0, 0.1) is 5.82 Å². The summed E-state index contributed by atoms with van der Waals surface area (Å²) >= 11 is 7.09. The first-order valence-electron chi connectivity index (χ1n) is 8.08. The van der Waals surface area contributed by atoms with E-state index in [1.807, 2.05) is 6.07 Å². The number of nitrogens with one attached hydrogen (secondary N) is 1. The molecule has 1 N–H and O–H groups in total. The molecule has 1 aliphatic rings. The van der Waals surface area contributed by atoms with E-state index in [1.165, 1.54) is 28.8 Å². The molecule has 3 rings (SSSR count). The number of benzene rings is 2. The summed E-state index contributed by atoms with van der Waals surface area (Å²) in [7, 11) is 0. The molecular formula is C19H18ClFN2O2S. The summed E-state index contributed by atoms with van der Waals surface area (Å²) in [6.45, 7) is 5.18. The molecule has 2 aromatic carbocycles. The third kappa shape index (κ3) is 3.31. The number of carbonyl (C=O) groups is 2. The number of rotatable bonds is 3. The van der Waals surface area contributed by atoms with E-state index in [4.69, 9.17) is 11.6 Å². The Morgan fingerprint density at radius 1 is 1.27 bits per heavy atom. The first kappa shape index (κ1) is 18.7. The van der Waals surface area contributed by atoms with Gasteiger partial charge in [-0.3, -0.25) is 14.5 Å². The number of para-hydroxylation sites is 2. The first-order valence-corrected chi connectivity index (χ1v) is 9.34. The standard InChI is InChI=1S/C19H18ClFN2O2S/c1-11(26-12-8-9-14(21)13(20)10-12)17(24)23-16-7-5-4-6-15(16)22-18(25)19(23,2)3/h4-11H,1-3H3,(H,22,25)/t11-/m0/s1. The molecule has 26 heavy (non-hydrogen) atoms. The molecule has 0 fully saturated rings. The van der Waals surface area contributed by atoms with Crippen molar-refractivity contribution in [1.29, 1.82) is 0 Å². The number of hydrogen-bond acceptors (Lipinski definition) is 3. The third-order valence-corrected chi connectivity index (χ3v) is 5.65. The van der Waals surface area contributed by atoms with Crippen LogP contribution in [0.5, 0.6) is 0 Å². The summed E-state index contributed by atoms with van der Waals surface area (Å²) in [5.41, 5.74) is 0.236. The van der Waals surface area contributed by atoms with Crippen molar-refractivity contribution >= 4 is 46.6 Å². The molecule has 0 saturated heterocycles. The summed E-state index contributed by atoms with van der Waals surface area (Å²) in [5, 5.41) is 2.36. The van der Waals surface area contributed by atoms with Crippen molar-refractivity contribution in [2.75, 3.05) is 10.2 Å². The lowest BCUT2D eigenvalue weighted by molar-refractivity contribution is -0.126. The van der Waals surface area contributed by atoms with Crippen molar-refractivity contribution in [1.82, 2.24) is 0 Å². The molecule has 0 aliphatic carbocycles. The third-order valence-electron chi connectivity index (χ3n) is 4.28. The second-order valence-electron chi connectivity index (χ2n) is 6.54. The number of thioether (sulfide) groups is 1. The van der Waals surface area contributed by atoms with E-state index in [2.05, 4.69) is 5.32 Å². The summed E-state index contributed by atoms with van der Waals surface area (Å²) in [5.74, 6) is -0.952. The van der Waals surface area contributed by atoms with Gasteiger partial charge < -0.3 is 5.32 Å². The Morgan fingerprint density at radius 3 is 2.65 bits per heavy atom. The molecule has 4 nitrogen and oxygen atoms in total. The van der Waals surface area contributed by atoms with Crippen LogP contribution in [0.2, 0.25) is 5.02 Å². The Kier molecular flexibility index (Phi) is 4.99. The lowest BCUT2D eigenvalue weighted by Crippen LogP contribution is -2.60. The molecule has 1 aliphatic heterocycles. The summed E-state index contributed by atoms with van der Waals surface area (Å²) in [6, 6.07) is 11.5. The van der Waals surface area contributed by atoms with Crippen LogP contribution in [0.15, 0.2) is 47.4 Å². The zero-order chi connectivity index (χ0) is 19.1. The molecule has 2 aromatic rings. The van der Waals surface area contributed by atoms with Gasteiger partial charge in [0.1, 0.15) is 11.4 Å². The Hall–Kier alpha value is -2.05. The summed E-state index contributed by atoms with van der Waals surface area (Å²) < 4.78 is 13.3. The summed E-state index contributed by atoms with van der Waals surface area (Å²) in [6.07, 6.45) is 0. The van der Waals surface area contributed by atoms with Crippen LogP contribution in [0.1, 0.15) is 20.8 Å². The van der Waals surface area contributed by atoms with Gasteiger partial charge in [-0.1, -0.05) is 23.7 Å². The van der Waals surface area contributed by atoms with E-state index in [1.54, 1.807) is 45.0 Å². The minimum Gasteiger partial charge on any atom is -0.322 e. The van der Waals surface area contributed by atoms with Gasteiger partial charge in [0.05, 0.1) is 21.6 Å². The van der Waals surface area contributed by atoms with Crippen molar-refractivity contribution in [2.24, 2.45) is 0 Å². The molecule has 136 valence electrons. The van der Waals surface area contributed by atoms with Crippen molar-refractivity contribution in [3.8, 4) is 0 Å². The van der Waals surface area contributed by atoms with Crippen LogP contribution >= 0.6 is 23.4 Å². The highest BCUT2D eigenvalue weighted by Gasteiger charge is 2.44. The molecule has 0 bridgehead atoms. The number of carbonyl (C=O) groups excluding carboxylic acids is 2. The molecule has 7 heteroatoms. The van der Waals surface area contributed by atoms with Crippen molar-refractivity contribution in [3.63, 3.8) is 0 Å². The van der Waals surface area contributed by atoms with Gasteiger partial charge in [0.15, 0.2) is 0 Å². The Labute approximate surface area is 160 Å². The van der Waals surface area contributed by atoms with Gasteiger partial charge >= 0.3 is 0 Å². The van der Waals surface area contributed by atoms with Crippen LogP contribution in [0.3, 0.4) is 0 Å². The number of nitrogens with zero attached hydrogens (tertiary/aromatic N) is 1. The fourth-order valence-corrected chi connectivity index (χ4v) is 4.03. The molecule has 2 amide bonds. The van der Waals surface area contributed by atoms with Crippen molar-refractivity contribution in [3.05, 3.63) is 53.3 Å². The minimum atomic E-state index is -1.03. The first-order chi connectivity index (χ1) is 12.2. The maximum Gasteiger partial charge on any atom is 0.250 e. The zero-order valence-corrected chi connectivity index (χ0v) is 16.1. The number of halogens is 2. The largest absolute Gasteiger partial charge is 0.322 e. The molecule has 1 atom stereocenters. The topological polar surface area (TPSA) is 49.4 Å². The predicted octanol–water partition coefficient (Wildman–Crippen LogP) is 4.72. The fraction of sp³-hybridized carbons (Fsp3) is 0.263. The van der Waals surface area contributed by atoms with Crippen molar-refractivity contribution in [2.45, 2.75) is 36.5 Å². The fourth-order valence-electron chi connectivity index (χ4n) is 2.83. The molecule has 1 heterocycles. The molecule has 0 saturated carbocycles. The van der Waals surface area contributed by atoms with Crippen LogP contribution in [-0.2, 0) is 9.59 Å². The van der Waals surface area contributed by atoms with Gasteiger partial charge in [0, 0.05) is 4.90 Å². The second-order valence-corrected chi connectivity index (χ2v) is 8.36. The van der Waals surface area contributed by atoms with Crippen LogP contribution in [0.25, 0.3) is 0 Å². The van der Waals surface area contributed by atoms with Gasteiger partial charge in [0.25, 0.3) is 0 Å². The number of fused-ring (bicyclic) bond motifs is 1. The quantitative estimate of drug-likeness (QED) is 0.768. The highest BCUT2D eigenvalue weighted by atomic mass is 35.5. The maximum absolute atomic E-state index is 13.3. The second kappa shape index (κ2) is 6.93. The van der Waals surface area contributed by atoms with Gasteiger partial charge in [-0.25, -0.2) is 4.39 Å². The normalized spacial score (nSPS) is 16.7. The Bertz CT molecular complexity index is 888. The highest BCUT2D eigenvalue weighted by molar-refractivity contribution is 8.00. The maximum atomic E-state index is 13.3. The average molecular weight is 393 g/mol. The van der Waals surface area contributed by atoms with Crippen LogP contribution in [0.4, 0.5) is 15.8 Å². The van der Waals surface area contributed by atoms with E-state index in [0.29, 0.717) is 16.3 Å². The SMILES string of the molecule is C[C@H](Sc1ccc(F)c(Cl)c1)C(=O)N1c2ccccc2NC(=O)C1(C)C. The van der Waals surface area contributed by atoms with E-state index in [-0.39, 0.29) is 16.8 Å².